The second kappa shape index (κ2) is 6.77. The molecule has 0 aliphatic carbocycles. The molecular formula is C12H23ClN8. The Hall–Kier alpha value is -1.80. The van der Waals surface area contributed by atoms with Crippen molar-refractivity contribution in [1.82, 2.24) is 9.97 Å². The van der Waals surface area contributed by atoms with Gasteiger partial charge in [-0.2, -0.15) is 4.98 Å². The monoisotopic (exact) mass is 314 g/mol. The summed E-state index contributed by atoms with van der Waals surface area (Å²) in [6.07, 6.45) is 2.45. The molecule has 21 heavy (non-hydrogen) atoms. The number of nitrogen functional groups attached to an aromatic ring is 1. The van der Waals surface area contributed by atoms with Crippen LogP contribution in [-0.4, -0.2) is 22.5 Å². The molecule has 1 aliphatic heterocycles. The highest BCUT2D eigenvalue weighted by Crippen LogP contribution is 2.37. The van der Waals surface area contributed by atoms with E-state index in [-0.39, 0.29) is 24.3 Å². The van der Waals surface area contributed by atoms with Crippen LogP contribution in [0.15, 0.2) is 4.99 Å². The van der Waals surface area contributed by atoms with Gasteiger partial charge in [-0.1, -0.05) is 20.3 Å². The molecule has 2 rings (SSSR count). The zero-order chi connectivity index (χ0) is 14.8. The van der Waals surface area contributed by atoms with Crippen LogP contribution >= 0.6 is 12.4 Å². The Balaban J connectivity index is 0.00000220. The van der Waals surface area contributed by atoms with Crippen molar-refractivity contribution in [2.75, 3.05) is 22.9 Å². The number of fused-ring (bicyclic) bond motifs is 1. The highest BCUT2D eigenvalue weighted by molar-refractivity contribution is 5.98. The van der Waals surface area contributed by atoms with Crippen LogP contribution in [0.4, 0.5) is 17.5 Å². The third-order valence-electron chi connectivity index (χ3n) is 3.08. The summed E-state index contributed by atoms with van der Waals surface area (Å²) in [4.78, 5) is 12.8. The number of anilines is 3. The standard InChI is InChI=1S/C12H22N8.ClH/c1-3-5-12(15)8-7(17-11(14)20-12)9(16-6-4-2)19-10(13)18-8;/h3-6,15H2,1-2H3,(H3,14,17,20)(H3,13,16,18,19);1H. The van der Waals surface area contributed by atoms with Gasteiger partial charge in [0.1, 0.15) is 11.4 Å². The molecule has 0 amide bonds. The lowest BCUT2D eigenvalue weighted by Crippen LogP contribution is -2.44. The summed E-state index contributed by atoms with van der Waals surface area (Å²) in [6, 6.07) is 0. The first-order chi connectivity index (χ1) is 9.50. The van der Waals surface area contributed by atoms with Crippen molar-refractivity contribution in [2.24, 2.45) is 16.5 Å². The van der Waals surface area contributed by atoms with Gasteiger partial charge < -0.3 is 27.8 Å². The number of aromatic nitrogens is 2. The molecule has 0 aromatic carbocycles. The lowest BCUT2D eigenvalue weighted by Gasteiger charge is -2.32. The van der Waals surface area contributed by atoms with Crippen molar-refractivity contribution >= 4 is 35.8 Å². The van der Waals surface area contributed by atoms with E-state index in [2.05, 4.69) is 32.5 Å². The first kappa shape index (κ1) is 17.3. The summed E-state index contributed by atoms with van der Waals surface area (Å²) >= 11 is 0. The van der Waals surface area contributed by atoms with E-state index < -0.39 is 5.66 Å². The van der Waals surface area contributed by atoms with Crippen LogP contribution in [0.3, 0.4) is 0 Å². The Labute approximate surface area is 130 Å². The van der Waals surface area contributed by atoms with Gasteiger partial charge in [-0.15, -0.1) is 12.4 Å². The Bertz CT molecular complexity index is 532. The van der Waals surface area contributed by atoms with Crippen molar-refractivity contribution in [2.45, 2.75) is 38.8 Å². The van der Waals surface area contributed by atoms with E-state index >= 15 is 0 Å². The molecule has 0 saturated heterocycles. The molecular weight excluding hydrogens is 292 g/mol. The summed E-state index contributed by atoms with van der Waals surface area (Å²) < 4.78 is 0. The van der Waals surface area contributed by atoms with Gasteiger partial charge in [-0.05, 0) is 12.8 Å². The number of rotatable bonds is 5. The predicted molar refractivity (Wildman–Crippen MR) is 88.5 cm³/mol. The SMILES string of the molecule is CCCNc1nc(N)nc2c1NC(N)=NC2(N)CCC.Cl. The normalized spacial score (nSPS) is 19.9. The highest BCUT2D eigenvalue weighted by atomic mass is 35.5. The second-order valence-corrected chi connectivity index (χ2v) is 4.88. The van der Waals surface area contributed by atoms with Crippen molar-refractivity contribution in [3.05, 3.63) is 5.69 Å². The molecule has 0 bridgehead atoms. The molecule has 1 aromatic rings. The van der Waals surface area contributed by atoms with Gasteiger partial charge >= 0.3 is 0 Å². The number of guanidine groups is 1. The van der Waals surface area contributed by atoms with E-state index in [9.17, 15) is 0 Å². The maximum atomic E-state index is 6.36. The fourth-order valence-corrected chi connectivity index (χ4v) is 2.26. The highest BCUT2D eigenvalue weighted by Gasteiger charge is 2.36. The minimum absolute atomic E-state index is 0. The first-order valence-electron chi connectivity index (χ1n) is 6.83. The van der Waals surface area contributed by atoms with Crippen LogP contribution in [0.25, 0.3) is 0 Å². The molecule has 0 spiro atoms. The Morgan fingerprint density at radius 3 is 2.52 bits per heavy atom. The van der Waals surface area contributed by atoms with E-state index in [1.165, 1.54) is 0 Å². The topological polar surface area (TPSA) is 140 Å². The van der Waals surface area contributed by atoms with Crippen molar-refractivity contribution in [3.8, 4) is 0 Å². The molecule has 8 nitrogen and oxygen atoms in total. The smallest absolute Gasteiger partial charge is 0.222 e. The van der Waals surface area contributed by atoms with Gasteiger partial charge in [-0.25, -0.2) is 9.98 Å². The summed E-state index contributed by atoms with van der Waals surface area (Å²) in [5.74, 6) is 1.05. The van der Waals surface area contributed by atoms with Crippen LogP contribution in [0, 0.1) is 0 Å². The van der Waals surface area contributed by atoms with Gasteiger partial charge in [0.25, 0.3) is 0 Å². The van der Waals surface area contributed by atoms with Crippen LogP contribution in [0.1, 0.15) is 38.8 Å². The summed E-state index contributed by atoms with van der Waals surface area (Å²) in [7, 11) is 0. The number of nitrogens with zero attached hydrogens (tertiary/aromatic N) is 3. The quantitative estimate of drug-likeness (QED) is 0.545. The number of nitrogens with one attached hydrogen (secondary N) is 2. The second-order valence-electron chi connectivity index (χ2n) is 4.88. The number of halogens is 1. The van der Waals surface area contributed by atoms with Crippen LogP contribution in [0.5, 0.6) is 0 Å². The van der Waals surface area contributed by atoms with Gasteiger partial charge in [0.05, 0.1) is 0 Å². The van der Waals surface area contributed by atoms with E-state index in [0.717, 1.165) is 19.4 Å². The summed E-state index contributed by atoms with van der Waals surface area (Å²) in [5.41, 5.74) is 18.3. The molecule has 0 fully saturated rings. The largest absolute Gasteiger partial charge is 0.370 e. The van der Waals surface area contributed by atoms with E-state index in [0.29, 0.717) is 23.6 Å². The maximum Gasteiger partial charge on any atom is 0.222 e. The molecule has 9 heteroatoms. The maximum absolute atomic E-state index is 6.36. The lowest BCUT2D eigenvalue weighted by molar-refractivity contribution is 0.410. The average molecular weight is 315 g/mol. The first-order valence-corrected chi connectivity index (χ1v) is 6.83. The number of aliphatic imine (C=N–C) groups is 1. The molecule has 0 saturated carbocycles. The number of hydrogen-bond acceptors (Lipinski definition) is 8. The average Bonchev–Trinajstić information content (AvgIpc) is 2.37. The Kier molecular flexibility index (Phi) is 5.56. The molecule has 0 radical (unpaired) electrons. The van der Waals surface area contributed by atoms with Crippen LogP contribution < -0.4 is 27.8 Å². The Morgan fingerprint density at radius 2 is 1.90 bits per heavy atom. The van der Waals surface area contributed by atoms with Gasteiger partial charge in [-0.3, -0.25) is 0 Å². The lowest BCUT2D eigenvalue weighted by atomic mass is 9.98. The van der Waals surface area contributed by atoms with Gasteiger partial charge in [0, 0.05) is 6.54 Å². The fourth-order valence-electron chi connectivity index (χ4n) is 2.26. The van der Waals surface area contributed by atoms with Crippen molar-refractivity contribution < 1.29 is 0 Å². The summed E-state index contributed by atoms with van der Waals surface area (Å²) in [6.45, 7) is 4.87. The van der Waals surface area contributed by atoms with Gasteiger partial charge in [0.2, 0.25) is 5.95 Å². The molecule has 1 aromatic heterocycles. The van der Waals surface area contributed by atoms with Crippen LogP contribution in [0.2, 0.25) is 0 Å². The summed E-state index contributed by atoms with van der Waals surface area (Å²) in [5, 5.41) is 6.19. The molecule has 2 heterocycles. The fraction of sp³-hybridized carbons (Fsp3) is 0.583. The molecule has 1 unspecified atom stereocenters. The van der Waals surface area contributed by atoms with E-state index in [1.807, 2.05) is 6.92 Å². The molecule has 1 atom stereocenters. The van der Waals surface area contributed by atoms with E-state index in [1.54, 1.807) is 0 Å². The predicted octanol–water partition coefficient (Wildman–Crippen LogP) is 0.954. The molecule has 8 N–H and O–H groups in total. The zero-order valence-electron chi connectivity index (χ0n) is 12.3. The molecule has 1 aliphatic rings. The minimum Gasteiger partial charge on any atom is -0.370 e. The van der Waals surface area contributed by atoms with Crippen LogP contribution in [-0.2, 0) is 5.66 Å². The molecule has 118 valence electrons. The van der Waals surface area contributed by atoms with Crippen molar-refractivity contribution in [3.63, 3.8) is 0 Å². The zero-order valence-corrected chi connectivity index (χ0v) is 13.1. The minimum atomic E-state index is -0.959. The van der Waals surface area contributed by atoms with E-state index in [4.69, 9.17) is 17.2 Å². The number of nitrogens with two attached hydrogens (primary N) is 3. The third-order valence-corrected chi connectivity index (χ3v) is 3.08. The Morgan fingerprint density at radius 1 is 1.19 bits per heavy atom. The van der Waals surface area contributed by atoms with Gasteiger partial charge in [0.15, 0.2) is 17.4 Å². The third kappa shape index (κ3) is 3.45. The van der Waals surface area contributed by atoms with Crippen molar-refractivity contribution in [1.29, 1.82) is 0 Å². The number of hydrogen-bond donors (Lipinski definition) is 5.